The Kier molecular flexibility index (Phi) is 9.38. The molecule has 1 aliphatic heterocycles. The van der Waals surface area contributed by atoms with Crippen molar-refractivity contribution in [1.82, 2.24) is 20.4 Å². The topological polar surface area (TPSA) is 42.9 Å². The van der Waals surface area contributed by atoms with Gasteiger partial charge in [0.25, 0.3) is 0 Å². The molecule has 0 aliphatic carbocycles. The van der Waals surface area contributed by atoms with E-state index in [2.05, 4.69) is 93.9 Å². The van der Waals surface area contributed by atoms with Gasteiger partial charge in [0.1, 0.15) is 0 Å². The monoisotopic (exact) mass is 421 g/mol. The molecule has 2 aromatic rings. The van der Waals surface area contributed by atoms with Gasteiger partial charge >= 0.3 is 0 Å². The summed E-state index contributed by atoms with van der Waals surface area (Å²) in [4.78, 5) is 9.42. The molecular formula is C26H39N5. The number of piperidine rings is 1. The molecule has 2 N–H and O–H groups in total. The molecule has 0 saturated carbocycles. The fourth-order valence-electron chi connectivity index (χ4n) is 4.12. The fourth-order valence-corrected chi connectivity index (χ4v) is 4.12. The van der Waals surface area contributed by atoms with E-state index < -0.39 is 0 Å². The molecule has 31 heavy (non-hydrogen) atoms. The molecule has 0 unspecified atom stereocenters. The highest BCUT2D eigenvalue weighted by Crippen LogP contribution is 2.14. The predicted octanol–water partition coefficient (Wildman–Crippen LogP) is 3.86. The van der Waals surface area contributed by atoms with Crippen molar-refractivity contribution in [2.45, 2.75) is 52.4 Å². The number of hydrogen-bond donors (Lipinski definition) is 2. The van der Waals surface area contributed by atoms with Crippen LogP contribution in [0.1, 0.15) is 43.4 Å². The van der Waals surface area contributed by atoms with Gasteiger partial charge in [-0.2, -0.15) is 0 Å². The van der Waals surface area contributed by atoms with Gasteiger partial charge in [0.2, 0.25) is 0 Å². The summed E-state index contributed by atoms with van der Waals surface area (Å²) in [6, 6.07) is 20.2. The highest BCUT2D eigenvalue weighted by Gasteiger charge is 2.20. The lowest BCUT2D eigenvalue weighted by molar-refractivity contribution is 0.198. The third kappa shape index (κ3) is 7.67. The van der Waals surface area contributed by atoms with Crippen molar-refractivity contribution in [2.75, 3.05) is 33.2 Å². The van der Waals surface area contributed by atoms with Crippen molar-refractivity contribution < 1.29 is 0 Å². The maximum Gasteiger partial charge on any atom is 0.191 e. The van der Waals surface area contributed by atoms with Crippen LogP contribution in [0.4, 0.5) is 0 Å². The van der Waals surface area contributed by atoms with Crippen molar-refractivity contribution in [3.05, 3.63) is 71.3 Å². The summed E-state index contributed by atoms with van der Waals surface area (Å²) < 4.78 is 0. The Morgan fingerprint density at radius 2 is 1.58 bits per heavy atom. The molecule has 0 radical (unpaired) electrons. The number of nitrogens with zero attached hydrogens (tertiary/aromatic N) is 3. The van der Waals surface area contributed by atoms with Crippen LogP contribution in [-0.2, 0) is 19.6 Å². The lowest BCUT2D eigenvalue weighted by Gasteiger charge is -2.33. The quantitative estimate of drug-likeness (QED) is 0.477. The van der Waals surface area contributed by atoms with E-state index in [0.29, 0.717) is 6.04 Å². The van der Waals surface area contributed by atoms with Crippen LogP contribution in [0.25, 0.3) is 0 Å². The number of likely N-dealkylation sites (tertiary alicyclic amines) is 1. The summed E-state index contributed by atoms with van der Waals surface area (Å²) in [5, 5.41) is 7.10. The lowest BCUT2D eigenvalue weighted by Crippen LogP contribution is -2.48. The SMILES string of the molecule is CCN(CC)Cc1ccc(CNC(=NC)NC2CCN(Cc3ccccc3)CC2)cc1. The van der Waals surface area contributed by atoms with Crippen LogP contribution in [0.15, 0.2) is 59.6 Å². The Labute approximate surface area is 188 Å². The number of aliphatic imine (C=N–C) groups is 1. The van der Waals surface area contributed by atoms with Crippen molar-refractivity contribution in [3.63, 3.8) is 0 Å². The zero-order chi connectivity index (χ0) is 21.9. The Balaban J connectivity index is 1.40. The summed E-state index contributed by atoms with van der Waals surface area (Å²) in [6.45, 7) is 11.7. The van der Waals surface area contributed by atoms with Crippen LogP contribution in [0.2, 0.25) is 0 Å². The van der Waals surface area contributed by atoms with E-state index in [-0.39, 0.29) is 0 Å². The first-order valence-corrected chi connectivity index (χ1v) is 11.7. The molecular weight excluding hydrogens is 382 g/mol. The molecule has 0 bridgehead atoms. The second-order valence-corrected chi connectivity index (χ2v) is 8.38. The third-order valence-electron chi connectivity index (χ3n) is 6.18. The number of guanidine groups is 1. The highest BCUT2D eigenvalue weighted by molar-refractivity contribution is 5.79. The van der Waals surface area contributed by atoms with Gasteiger partial charge in [0, 0.05) is 45.8 Å². The van der Waals surface area contributed by atoms with E-state index in [0.717, 1.165) is 64.6 Å². The Morgan fingerprint density at radius 3 is 2.19 bits per heavy atom. The van der Waals surface area contributed by atoms with E-state index in [4.69, 9.17) is 0 Å². The van der Waals surface area contributed by atoms with Gasteiger partial charge in [-0.05, 0) is 42.6 Å². The second kappa shape index (κ2) is 12.5. The van der Waals surface area contributed by atoms with Gasteiger partial charge < -0.3 is 10.6 Å². The molecule has 1 fully saturated rings. The molecule has 0 spiro atoms. The maximum atomic E-state index is 4.44. The van der Waals surface area contributed by atoms with Crippen LogP contribution >= 0.6 is 0 Å². The van der Waals surface area contributed by atoms with Gasteiger partial charge in [0.05, 0.1) is 0 Å². The zero-order valence-corrected chi connectivity index (χ0v) is 19.5. The average molecular weight is 422 g/mol. The van der Waals surface area contributed by atoms with Crippen molar-refractivity contribution in [3.8, 4) is 0 Å². The van der Waals surface area contributed by atoms with Crippen molar-refractivity contribution in [2.24, 2.45) is 4.99 Å². The van der Waals surface area contributed by atoms with Crippen molar-refractivity contribution in [1.29, 1.82) is 0 Å². The molecule has 5 nitrogen and oxygen atoms in total. The first-order valence-electron chi connectivity index (χ1n) is 11.7. The zero-order valence-electron chi connectivity index (χ0n) is 19.5. The van der Waals surface area contributed by atoms with Crippen LogP contribution in [0.3, 0.4) is 0 Å². The van der Waals surface area contributed by atoms with Gasteiger partial charge in [0.15, 0.2) is 5.96 Å². The van der Waals surface area contributed by atoms with Gasteiger partial charge in [-0.25, -0.2) is 0 Å². The number of hydrogen-bond acceptors (Lipinski definition) is 3. The van der Waals surface area contributed by atoms with Crippen LogP contribution < -0.4 is 10.6 Å². The molecule has 0 aromatic heterocycles. The summed E-state index contributed by atoms with van der Waals surface area (Å²) in [7, 11) is 1.85. The molecule has 2 aromatic carbocycles. The summed E-state index contributed by atoms with van der Waals surface area (Å²) >= 11 is 0. The second-order valence-electron chi connectivity index (χ2n) is 8.38. The molecule has 0 atom stereocenters. The van der Waals surface area contributed by atoms with Crippen molar-refractivity contribution >= 4 is 5.96 Å². The number of rotatable bonds is 9. The minimum atomic E-state index is 0.481. The predicted molar refractivity (Wildman–Crippen MR) is 131 cm³/mol. The molecule has 168 valence electrons. The normalized spacial score (nSPS) is 15.9. The third-order valence-corrected chi connectivity index (χ3v) is 6.18. The molecule has 0 amide bonds. The smallest absolute Gasteiger partial charge is 0.191 e. The minimum absolute atomic E-state index is 0.481. The van der Waals surface area contributed by atoms with E-state index >= 15 is 0 Å². The molecule has 1 saturated heterocycles. The van der Waals surface area contributed by atoms with E-state index in [1.54, 1.807) is 0 Å². The standard InChI is InChI=1S/C26H39N5/c1-4-30(5-2)20-24-13-11-22(12-14-24)19-28-26(27-3)29-25-15-17-31(18-16-25)21-23-9-7-6-8-10-23/h6-14,25H,4-5,15-21H2,1-3H3,(H2,27,28,29). The Bertz CT molecular complexity index is 775. The van der Waals surface area contributed by atoms with Crippen LogP contribution in [-0.4, -0.2) is 55.0 Å². The summed E-state index contributed by atoms with van der Waals surface area (Å²) in [5.74, 6) is 0.897. The Hall–Kier alpha value is -2.37. The Morgan fingerprint density at radius 1 is 0.935 bits per heavy atom. The molecule has 1 heterocycles. The first-order chi connectivity index (χ1) is 15.2. The first kappa shape index (κ1) is 23.3. The van der Waals surface area contributed by atoms with Gasteiger partial charge in [-0.3, -0.25) is 14.8 Å². The van der Waals surface area contributed by atoms with Crippen LogP contribution in [0.5, 0.6) is 0 Å². The minimum Gasteiger partial charge on any atom is -0.354 e. The molecule has 5 heteroatoms. The number of benzene rings is 2. The van der Waals surface area contributed by atoms with E-state index in [1.807, 2.05) is 7.05 Å². The molecule has 1 aliphatic rings. The highest BCUT2D eigenvalue weighted by atomic mass is 15.2. The lowest BCUT2D eigenvalue weighted by atomic mass is 10.0. The largest absolute Gasteiger partial charge is 0.354 e. The summed E-state index contributed by atoms with van der Waals surface area (Å²) in [5.41, 5.74) is 4.05. The number of nitrogens with one attached hydrogen (secondary N) is 2. The average Bonchev–Trinajstić information content (AvgIpc) is 2.82. The van der Waals surface area contributed by atoms with Gasteiger partial charge in [-0.15, -0.1) is 0 Å². The van der Waals surface area contributed by atoms with Crippen LogP contribution in [0, 0.1) is 0 Å². The van der Waals surface area contributed by atoms with E-state index in [1.165, 1.54) is 16.7 Å². The van der Waals surface area contributed by atoms with E-state index in [9.17, 15) is 0 Å². The fraction of sp³-hybridized carbons (Fsp3) is 0.500. The summed E-state index contributed by atoms with van der Waals surface area (Å²) in [6.07, 6.45) is 2.29. The molecule has 3 rings (SSSR count). The maximum absolute atomic E-state index is 4.44. The van der Waals surface area contributed by atoms with Gasteiger partial charge in [-0.1, -0.05) is 68.4 Å².